The summed E-state index contributed by atoms with van der Waals surface area (Å²) in [6, 6.07) is 7.39. The monoisotopic (exact) mass is 300 g/mol. The summed E-state index contributed by atoms with van der Waals surface area (Å²) in [5.41, 5.74) is 0.930. The molecule has 1 N–H and O–H groups in total. The highest BCUT2D eigenvalue weighted by molar-refractivity contribution is 7.10. The maximum absolute atomic E-state index is 10.7. The average Bonchev–Trinajstić information content (AvgIpc) is 2.71. The van der Waals surface area contributed by atoms with E-state index >= 15 is 0 Å². The molecule has 4 heteroatoms. The van der Waals surface area contributed by atoms with Crippen LogP contribution in [0.3, 0.4) is 0 Å². The lowest BCUT2D eigenvalue weighted by atomic mass is 9.93. The zero-order chi connectivity index (χ0) is 13.3. The van der Waals surface area contributed by atoms with Gasteiger partial charge in [0.05, 0.1) is 0 Å². The van der Waals surface area contributed by atoms with Crippen molar-refractivity contribution >= 4 is 34.5 Å². The highest BCUT2D eigenvalue weighted by Gasteiger charge is 2.28. The van der Waals surface area contributed by atoms with Crippen LogP contribution in [0.5, 0.6) is 0 Å². The molecule has 0 saturated heterocycles. The van der Waals surface area contributed by atoms with Crippen molar-refractivity contribution in [3.8, 4) is 0 Å². The molecule has 18 heavy (non-hydrogen) atoms. The van der Waals surface area contributed by atoms with Crippen molar-refractivity contribution in [2.75, 3.05) is 0 Å². The molecule has 0 bridgehead atoms. The summed E-state index contributed by atoms with van der Waals surface area (Å²) >= 11 is 13.8. The Labute approximate surface area is 121 Å². The second kappa shape index (κ2) is 5.22. The molecule has 1 unspecified atom stereocenters. The first-order valence-corrected chi connectivity index (χ1v) is 7.25. The average molecular weight is 301 g/mol. The fourth-order valence-corrected chi connectivity index (χ4v) is 3.57. The van der Waals surface area contributed by atoms with Crippen LogP contribution in [0.25, 0.3) is 0 Å². The maximum atomic E-state index is 10.7. The minimum absolute atomic E-state index is 0.410. The molecule has 2 aromatic rings. The molecule has 0 amide bonds. The molecule has 1 aromatic carbocycles. The third-order valence-corrected chi connectivity index (χ3v) is 4.91. The highest BCUT2D eigenvalue weighted by Crippen LogP contribution is 2.36. The van der Waals surface area contributed by atoms with E-state index < -0.39 is 5.60 Å². The minimum atomic E-state index is -0.952. The number of hydrogen-bond acceptors (Lipinski definition) is 2. The van der Waals surface area contributed by atoms with Crippen LogP contribution < -0.4 is 0 Å². The summed E-state index contributed by atoms with van der Waals surface area (Å²) in [5.74, 6) is 0. The summed E-state index contributed by atoms with van der Waals surface area (Å²) in [4.78, 5) is 0.957. The summed E-state index contributed by atoms with van der Waals surface area (Å²) in [7, 11) is 0. The van der Waals surface area contributed by atoms with E-state index in [1.54, 1.807) is 36.5 Å². The Kier molecular flexibility index (Phi) is 4.02. The number of halogens is 2. The van der Waals surface area contributed by atoms with Crippen LogP contribution in [0.2, 0.25) is 10.0 Å². The van der Waals surface area contributed by atoms with Crippen LogP contribution in [0.15, 0.2) is 29.6 Å². The van der Waals surface area contributed by atoms with Gasteiger partial charge in [0.2, 0.25) is 0 Å². The predicted molar refractivity (Wildman–Crippen MR) is 78.8 cm³/mol. The molecule has 0 aliphatic heterocycles. The number of benzene rings is 1. The normalized spacial score (nSPS) is 14.5. The van der Waals surface area contributed by atoms with E-state index in [0.717, 1.165) is 16.0 Å². The van der Waals surface area contributed by atoms with Gasteiger partial charge in [-0.1, -0.05) is 29.3 Å². The van der Waals surface area contributed by atoms with E-state index in [2.05, 4.69) is 0 Å². The number of rotatable bonds is 3. The van der Waals surface area contributed by atoms with Crippen LogP contribution in [0, 0.1) is 6.92 Å². The highest BCUT2D eigenvalue weighted by atomic mass is 35.5. The predicted octanol–water partition coefficient (Wildman–Crippen LogP) is 4.81. The summed E-state index contributed by atoms with van der Waals surface area (Å²) in [6.45, 7) is 3.79. The van der Waals surface area contributed by atoms with Gasteiger partial charge >= 0.3 is 0 Å². The van der Waals surface area contributed by atoms with Gasteiger partial charge in [0.25, 0.3) is 0 Å². The largest absolute Gasteiger partial charge is 0.384 e. The lowest BCUT2D eigenvalue weighted by molar-refractivity contribution is 0.0609. The molecule has 0 saturated carbocycles. The Morgan fingerprint density at radius 1 is 1.22 bits per heavy atom. The molecule has 0 spiro atoms. The number of hydrogen-bond donors (Lipinski definition) is 1. The molecule has 0 fully saturated rings. The lowest BCUT2D eigenvalue weighted by Crippen LogP contribution is -2.24. The zero-order valence-corrected chi connectivity index (χ0v) is 12.5. The molecule has 1 aromatic heterocycles. The SMILES string of the molecule is Cc1ccsc1C(C)(O)Cc1c(Cl)cccc1Cl. The molecule has 2 rings (SSSR count). The van der Waals surface area contributed by atoms with E-state index in [0.29, 0.717) is 16.5 Å². The Bertz CT molecular complexity index is 540. The van der Waals surface area contributed by atoms with Gasteiger partial charge in [0.1, 0.15) is 5.60 Å². The third kappa shape index (κ3) is 2.72. The second-order valence-corrected chi connectivity index (χ2v) is 6.31. The Hall–Kier alpha value is -0.540. The quantitative estimate of drug-likeness (QED) is 0.862. The maximum Gasteiger partial charge on any atom is 0.100 e. The summed E-state index contributed by atoms with van der Waals surface area (Å²) in [6.07, 6.45) is 0.410. The molecule has 0 aliphatic carbocycles. The molecular weight excluding hydrogens is 287 g/mol. The first-order chi connectivity index (χ1) is 8.42. The third-order valence-electron chi connectivity index (χ3n) is 2.93. The molecule has 0 radical (unpaired) electrons. The van der Waals surface area contributed by atoms with Crippen molar-refractivity contribution in [3.63, 3.8) is 0 Å². The van der Waals surface area contributed by atoms with Gasteiger partial charge in [-0.3, -0.25) is 0 Å². The van der Waals surface area contributed by atoms with Gasteiger partial charge in [-0.05, 0) is 48.6 Å². The van der Waals surface area contributed by atoms with Crippen molar-refractivity contribution in [2.24, 2.45) is 0 Å². The first kappa shape index (κ1) is 13.9. The van der Waals surface area contributed by atoms with Gasteiger partial charge in [0.15, 0.2) is 0 Å². The van der Waals surface area contributed by atoms with Crippen LogP contribution in [0.1, 0.15) is 22.9 Å². The fraction of sp³-hybridized carbons (Fsp3) is 0.286. The first-order valence-electron chi connectivity index (χ1n) is 5.61. The van der Waals surface area contributed by atoms with E-state index in [1.165, 1.54) is 0 Å². The second-order valence-electron chi connectivity index (χ2n) is 4.58. The molecular formula is C14H14Cl2OS. The van der Waals surface area contributed by atoms with E-state index in [1.807, 2.05) is 18.4 Å². The van der Waals surface area contributed by atoms with Crippen LogP contribution in [-0.2, 0) is 12.0 Å². The van der Waals surface area contributed by atoms with Crippen molar-refractivity contribution in [1.29, 1.82) is 0 Å². The Morgan fingerprint density at radius 2 is 1.83 bits per heavy atom. The number of thiophene rings is 1. The molecule has 1 heterocycles. The topological polar surface area (TPSA) is 20.2 Å². The molecule has 1 atom stereocenters. The fourth-order valence-electron chi connectivity index (χ4n) is 2.05. The van der Waals surface area contributed by atoms with Crippen molar-refractivity contribution in [2.45, 2.75) is 25.9 Å². The smallest absolute Gasteiger partial charge is 0.100 e. The van der Waals surface area contributed by atoms with Crippen molar-refractivity contribution in [3.05, 3.63) is 55.7 Å². The van der Waals surface area contributed by atoms with Crippen molar-refractivity contribution in [1.82, 2.24) is 0 Å². The van der Waals surface area contributed by atoms with Gasteiger partial charge in [0, 0.05) is 21.3 Å². The standard InChI is InChI=1S/C14H14Cl2OS/c1-9-6-7-18-13(9)14(2,17)8-10-11(15)4-3-5-12(10)16/h3-7,17H,8H2,1-2H3. The molecule has 1 nitrogen and oxygen atoms in total. The van der Waals surface area contributed by atoms with E-state index in [4.69, 9.17) is 23.2 Å². The van der Waals surface area contributed by atoms with Gasteiger partial charge in [-0.25, -0.2) is 0 Å². The van der Waals surface area contributed by atoms with Gasteiger partial charge in [-0.15, -0.1) is 11.3 Å². The lowest BCUT2D eigenvalue weighted by Gasteiger charge is -2.24. The van der Waals surface area contributed by atoms with E-state index in [-0.39, 0.29) is 0 Å². The van der Waals surface area contributed by atoms with Crippen LogP contribution >= 0.6 is 34.5 Å². The molecule has 96 valence electrons. The Balaban J connectivity index is 2.36. The molecule has 0 aliphatic rings. The minimum Gasteiger partial charge on any atom is -0.384 e. The van der Waals surface area contributed by atoms with Crippen LogP contribution in [0.4, 0.5) is 0 Å². The van der Waals surface area contributed by atoms with Gasteiger partial charge in [-0.2, -0.15) is 0 Å². The van der Waals surface area contributed by atoms with E-state index in [9.17, 15) is 5.11 Å². The summed E-state index contributed by atoms with van der Waals surface area (Å²) < 4.78 is 0. The summed E-state index contributed by atoms with van der Waals surface area (Å²) in [5, 5.41) is 13.8. The van der Waals surface area contributed by atoms with Gasteiger partial charge < -0.3 is 5.11 Å². The van der Waals surface area contributed by atoms with Crippen LogP contribution in [-0.4, -0.2) is 5.11 Å². The number of aryl methyl sites for hydroxylation is 1. The number of aliphatic hydroxyl groups is 1. The Morgan fingerprint density at radius 3 is 2.33 bits per heavy atom. The van der Waals surface area contributed by atoms with Crippen molar-refractivity contribution < 1.29 is 5.11 Å². The zero-order valence-electron chi connectivity index (χ0n) is 10.2.